The average molecular weight is 207 g/mol. The Bertz CT molecular complexity index is 256. The van der Waals surface area contributed by atoms with Gasteiger partial charge in [0.2, 0.25) is 0 Å². The third-order valence-electron chi connectivity index (χ3n) is 2.46. The Balaban J connectivity index is 2.29. The van der Waals surface area contributed by atoms with Gasteiger partial charge >= 0.3 is 0 Å². The lowest BCUT2D eigenvalue weighted by molar-refractivity contribution is 0.299. The van der Waals surface area contributed by atoms with Gasteiger partial charge in [-0.3, -0.25) is 0 Å². The summed E-state index contributed by atoms with van der Waals surface area (Å²) in [5, 5.41) is 12.2. The SMILES string of the molecule is CCCCCNc1ccc(CCO)cc1. The zero-order valence-corrected chi connectivity index (χ0v) is 9.50. The highest BCUT2D eigenvalue weighted by molar-refractivity contribution is 5.44. The molecular weight excluding hydrogens is 186 g/mol. The van der Waals surface area contributed by atoms with Crippen molar-refractivity contribution in [3.63, 3.8) is 0 Å². The minimum absolute atomic E-state index is 0.225. The zero-order valence-electron chi connectivity index (χ0n) is 9.50. The third-order valence-corrected chi connectivity index (χ3v) is 2.46. The molecule has 2 N–H and O–H groups in total. The molecule has 0 saturated heterocycles. The number of unbranched alkanes of at least 4 members (excludes halogenated alkanes) is 2. The molecule has 0 fully saturated rings. The monoisotopic (exact) mass is 207 g/mol. The maximum atomic E-state index is 8.77. The third kappa shape index (κ3) is 4.84. The van der Waals surface area contributed by atoms with Gasteiger partial charge < -0.3 is 10.4 Å². The highest BCUT2D eigenvalue weighted by atomic mass is 16.2. The first-order valence-electron chi connectivity index (χ1n) is 5.80. The lowest BCUT2D eigenvalue weighted by Crippen LogP contribution is -2.01. The van der Waals surface area contributed by atoms with Crippen LogP contribution in [0.3, 0.4) is 0 Å². The Morgan fingerprint density at radius 1 is 1.13 bits per heavy atom. The van der Waals surface area contributed by atoms with Gasteiger partial charge in [0.05, 0.1) is 0 Å². The summed E-state index contributed by atoms with van der Waals surface area (Å²) >= 11 is 0. The fourth-order valence-electron chi connectivity index (χ4n) is 1.53. The lowest BCUT2D eigenvalue weighted by Gasteiger charge is -2.06. The maximum Gasteiger partial charge on any atom is 0.0471 e. The highest BCUT2D eigenvalue weighted by Crippen LogP contribution is 2.10. The molecule has 2 nitrogen and oxygen atoms in total. The zero-order chi connectivity index (χ0) is 10.9. The van der Waals surface area contributed by atoms with Crippen molar-refractivity contribution in [2.45, 2.75) is 32.6 Å². The molecule has 1 aromatic carbocycles. The molecule has 1 rings (SSSR count). The first-order chi connectivity index (χ1) is 7.36. The molecule has 0 radical (unpaired) electrons. The van der Waals surface area contributed by atoms with Gasteiger partial charge in [-0.05, 0) is 30.5 Å². The fourth-order valence-corrected chi connectivity index (χ4v) is 1.53. The van der Waals surface area contributed by atoms with Crippen molar-refractivity contribution in [2.24, 2.45) is 0 Å². The number of aliphatic hydroxyl groups excluding tert-OH is 1. The van der Waals surface area contributed by atoms with Gasteiger partial charge in [0, 0.05) is 18.8 Å². The Labute approximate surface area is 92.3 Å². The quantitative estimate of drug-likeness (QED) is 0.674. The number of nitrogens with one attached hydrogen (secondary N) is 1. The van der Waals surface area contributed by atoms with E-state index >= 15 is 0 Å². The summed E-state index contributed by atoms with van der Waals surface area (Å²) in [5.74, 6) is 0. The van der Waals surface area contributed by atoms with E-state index in [4.69, 9.17) is 5.11 Å². The molecule has 15 heavy (non-hydrogen) atoms. The Morgan fingerprint density at radius 2 is 1.87 bits per heavy atom. The second-order valence-corrected chi connectivity index (χ2v) is 3.80. The van der Waals surface area contributed by atoms with E-state index in [-0.39, 0.29) is 6.61 Å². The van der Waals surface area contributed by atoms with Gasteiger partial charge in [-0.25, -0.2) is 0 Å². The second-order valence-electron chi connectivity index (χ2n) is 3.80. The van der Waals surface area contributed by atoms with Crippen LogP contribution in [0.25, 0.3) is 0 Å². The maximum absolute atomic E-state index is 8.77. The highest BCUT2D eigenvalue weighted by Gasteiger charge is 1.93. The van der Waals surface area contributed by atoms with Crippen LogP contribution in [0.1, 0.15) is 31.7 Å². The van der Waals surface area contributed by atoms with Gasteiger partial charge in [0.15, 0.2) is 0 Å². The molecule has 0 aromatic heterocycles. The number of hydrogen-bond acceptors (Lipinski definition) is 2. The summed E-state index contributed by atoms with van der Waals surface area (Å²) in [6.07, 6.45) is 4.53. The van der Waals surface area contributed by atoms with Crippen LogP contribution in [-0.2, 0) is 6.42 Å². The van der Waals surface area contributed by atoms with E-state index in [1.165, 1.54) is 30.5 Å². The number of benzene rings is 1. The molecule has 0 saturated carbocycles. The van der Waals surface area contributed by atoms with Crippen LogP contribution in [0.5, 0.6) is 0 Å². The van der Waals surface area contributed by atoms with E-state index in [1.807, 2.05) is 0 Å². The molecule has 84 valence electrons. The first kappa shape index (κ1) is 12.1. The molecular formula is C13H21NO. The van der Waals surface area contributed by atoms with E-state index in [0.717, 1.165) is 13.0 Å². The molecule has 0 unspecified atom stereocenters. The number of hydrogen-bond donors (Lipinski definition) is 2. The molecule has 0 atom stereocenters. The van der Waals surface area contributed by atoms with Crippen molar-refractivity contribution in [1.82, 2.24) is 0 Å². The summed E-state index contributed by atoms with van der Waals surface area (Å²) < 4.78 is 0. The van der Waals surface area contributed by atoms with Crippen LogP contribution in [0.4, 0.5) is 5.69 Å². The Hall–Kier alpha value is -1.02. The minimum Gasteiger partial charge on any atom is -0.396 e. The van der Waals surface area contributed by atoms with E-state index in [2.05, 4.69) is 36.5 Å². The van der Waals surface area contributed by atoms with Crippen LogP contribution >= 0.6 is 0 Å². The molecule has 0 aliphatic carbocycles. The van der Waals surface area contributed by atoms with E-state index in [1.54, 1.807) is 0 Å². The van der Waals surface area contributed by atoms with Crippen molar-refractivity contribution in [1.29, 1.82) is 0 Å². The normalized spacial score (nSPS) is 10.3. The molecule has 0 bridgehead atoms. The van der Waals surface area contributed by atoms with Crippen molar-refractivity contribution in [3.8, 4) is 0 Å². The van der Waals surface area contributed by atoms with E-state index in [9.17, 15) is 0 Å². The standard InChI is InChI=1S/C13H21NO/c1-2-3-4-10-14-13-7-5-12(6-8-13)9-11-15/h5-8,14-15H,2-4,9-11H2,1H3. The second kappa shape index (κ2) is 7.30. The first-order valence-corrected chi connectivity index (χ1v) is 5.80. The van der Waals surface area contributed by atoms with Crippen LogP contribution < -0.4 is 5.32 Å². The van der Waals surface area contributed by atoms with E-state index < -0.39 is 0 Å². The van der Waals surface area contributed by atoms with Crippen molar-refractivity contribution < 1.29 is 5.11 Å². The van der Waals surface area contributed by atoms with Crippen molar-refractivity contribution in [2.75, 3.05) is 18.5 Å². The van der Waals surface area contributed by atoms with Crippen molar-refractivity contribution >= 4 is 5.69 Å². The van der Waals surface area contributed by atoms with Gasteiger partial charge in [-0.2, -0.15) is 0 Å². The van der Waals surface area contributed by atoms with Gasteiger partial charge in [0.25, 0.3) is 0 Å². The smallest absolute Gasteiger partial charge is 0.0471 e. The molecule has 0 amide bonds. The predicted octanol–water partition coefficient (Wildman–Crippen LogP) is 2.82. The van der Waals surface area contributed by atoms with Gasteiger partial charge in [-0.15, -0.1) is 0 Å². The summed E-state index contributed by atoms with van der Waals surface area (Å²) in [6.45, 7) is 3.49. The Kier molecular flexibility index (Phi) is 5.86. The molecule has 2 heteroatoms. The molecule has 0 heterocycles. The summed E-state index contributed by atoms with van der Waals surface area (Å²) in [7, 11) is 0. The predicted molar refractivity (Wildman–Crippen MR) is 65.2 cm³/mol. The molecule has 0 aliphatic heterocycles. The van der Waals surface area contributed by atoms with Gasteiger partial charge in [0.1, 0.15) is 0 Å². The number of aliphatic hydroxyl groups is 1. The van der Waals surface area contributed by atoms with E-state index in [0.29, 0.717) is 0 Å². The fraction of sp³-hybridized carbons (Fsp3) is 0.538. The largest absolute Gasteiger partial charge is 0.396 e. The average Bonchev–Trinajstić information content (AvgIpc) is 2.27. The van der Waals surface area contributed by atoms with Crippen molar-refractivity contribution in [3.05, 3.63) is 29.8 Å². The number of rotatable bonds is 7. The summed E-state index contributed by atoms with van der Waals surface area (Å²) in [4.78, 5) is 0. The molecule has 1 aromatic rings. The van der Waals surface area contributed by atoms with Crippen LogP contribution in [0.2, 0.25) is 0 Å². The number of anilines is 1. The summed E-state index contributed by atoms with van der Waals surface area (Å²) in [6, 6.07) is 8.30. The minimum atomic E-state index is 0.225. The molecule has 0 spiro atoms. The van der Waals surface area contributed by atoms with Crippen LogP contribution in [0, 0.1) is 0 Å². The van der Waals surface area contributed by atoms with Crippen LogP contribution in [-0.4, -0.2) is 18.3 Å². The lowest BCUT2D eigenvalue weighted by atomic mass is 10.1. The summed E-state index contributed by atoms with van der Waals surface area (Å²) in [5.41, 5.74) is 2.37. The topological polar surface area (TPSA) is 32.3 Å². The van der Waals surface area contributed by atoms with Gasteiger partial charge in [-0.1, -0.05) is 31.9 Å². The Morgan fingerprint density at radius 3 is 2.47 bits per heavy atom. The molecule has 0 aliphatic rings. The van der Waals surface area contributed by atoms with Crippen LogP contribution in [0.15, 0.2) is 24.3 Å².